The monoisotopic (exact) mass is 280 g/mol. The predicted molar refractivity (Wildman–Crippen MR) is 71.6 cm³/mol. The molecule has 0 aromatic carbocycles. The third kappa shape index (κ3) is 3.69. The molecule has 2 aromatic heterocycles. The summed E-state index contributed by atoms with van der Waals surface area (Å²) in [5.74, 6) is -0.585. The van der Waals surface area contributed by atoms with E-state index in [0.717, 1.165) is 12.1 Å². The Morgan fingerprint density at radius 2 is 2.32 bits per heavy atom. The molecular formula is C12H13ClN4O2. The van der Waals surface area contributed by atoms with Gasteiger partial charge >= 0.3 is 5.97 Å². The zero-order valence-electron chi connectivity index (χ0n) is 10.3. The van der Waals surface area contributed by atoms with Gasteiger partial charge in [-0.3, -0.25) is 4.68 Å². The van der Waals surface area contributed by atoms with E-state index in [-0.39, 0.29) is 10.7 Å². The summed E-state index contributed by atoms with van der Waals surface area (Å²) < 4.78 is 1.73. The van der Waals surface area contributed by atoms with Crippen LogP contribution >= 0.6 is 11.6 Å². The van der Waals surface area contributed by atoms with Crippen molar-refractivity contribution < 1.29 is 9.90 Å². The van der Waals surface area contributed by atoms with Crippen molar-refractivity contribution in [2.24, 2.45) is 7.05 Å². The van der Waals surface area contributed by atoms with Crippen molar-refractivity contribution in [1.82, 2.24) is 14.8 Å². The summed E-state index contributed by atoms with van der Waals surface area (Å²) in [5.41, 5.74) is 1.07. The van der Waals surface area contributed by atoms with Gasteiger partial charge in [-0.25, -0.2) is 9.78 Å². The van der Waals surface area contributed by atoms with E-state index < -0.39 is 5.97 Å². The zero-order valence-corrected chi connectivity index (χ0v) is 11.1. The number of carboxylic acids is 1. The van der Waals surface area contributed by atoms with Gasteiger partial charge in [0.25, 0.3) is 0 Å². The first-order chi connectivity index (χ1) is 9.04. The number of carboxylic acid groups (broad SMARTS) is 1. The average Bonchev–Trinajstić information content (AvgIpc) is 2.74. The van der Waals surface area contributed by atoms with Gasteiger partial charge in [0.2, 0.25) is 0 Å². The van der Waals surface area contributed by atoms with Crippen LogP contribution in [0.3, 0.4) is 0 Å². The Kier molecular flexibility index (Phi) is 4.01. The number of pyridine rings is 1. The van der Waals surface area contributed by atoms with Gasteiger partial charge in [-0.05, 0) is 18.2 Å². The van der Waals surface area contributed by atoms with Crippen LogP contribution in [0.2, 0.25) is 5.15 Å². The molecule has 0 spiro atoms. The number of aryl methyl sites for hydroxylation is 1. The van der Waals surface area contributed by atoms with Gasteiger partial charge in [0.15, 0.2) is 0 Å². The van der Waals surface area contributed by atoms with E-state index in [1.807, 2.05) is 19.3 Å². The van der Waals surface area contributed by atoms with Crippen LogP contribution in [0.15, 0.2) is 24.4 Å². The van der Waals surface area contributed by atoms with Gasteiger partial charge < -0.3 is 10.4 Å². The Hall–Kier alpha value is -2.08. The average molecular weight is 281 g/mol. The largest absolute Gasteiger partial charge is 0.478 e. The molecule has 0 bridgehead atoms. The van der Waals surface area contributed by atoms with Gasteiger partial charge in [-0.1, -0.05) is 11.6 Å². The molecule has 0 aliphatic heterocycles. The highest BCUT2D eigenvalue weighted by Gasteiger charge is 2.07. The van der Waals surface area contributed by atoms with Gasteiger partial charge in [0.05, 0.1) is 11.3 Å². The molecule has 0 aliphatic rings. The van der Waals surface area contributed by atoms with Crippen molar-refractivity contribution >= 4 is 23.4 Å². The normalized spacial score (nSPS) is 10.4. The van der Waals surface area contributed by atoms with E-state index in [2.05, 4.69) is 15.4 Å². The molecular weight excluding hydrogens is 268 g/mol. The molecule has 19 heavy (non-hydrogen) atoms. The summed E-state index contributed by atoms with van der Waals surface area (Å²) in [7, 11) is 1.86. The highest BCUT2D eigenvalue weighted by molar-refractivity contribution is 6.29. The Balaban J connectivity index is 1.97. The number of carbonyl (C=O) groups is 1. The molecule has 0 fully saturated rings. The van der Waals surface area contributed by atoms with Crippen molar-refractivity contribution in [2.75, 3.05) is 11.9 Å². The first-order valence-corrected chi connectivity index (χ1v) is 6.05. The summed E-state index contributed by atoms with van der Waals surface area (Å²) in [6.45, 7) is 0.601. The van der Waals surface area contributed by atoms with Crippen LogP contribution in [-0.2, 0) is 13.5 Å². The number of hydrogen-bond donors (Lipinski definition) is 2. The molecule has 100 valence electrons. The molecule has 0 radical (unpaired) electrons. The van der Waals surface area contributed by atoms with Gasteiger partial charge in [0, 0.05) is 26.2 Å². The second-order valence-electron chi connectivity index (χ2n) is 4.03. The molecule has 6 nitrogen and oxygen atoms in total. The minimum Gasteiger partial charge on any atom is -0.478 e. The van der Waals surface area contributed by atoms with Crippen LogP contribution in [-0.4, -0.2) is 32.4 Å². The molecule has 7 heteroatoms. The lowest BCUT2D eigenvalue weighted by Crippen LogP contribution is -2.08. The van der Waals surface area contributed by atoms with Gasteiger partial charge in [-0.15, -0.1) is 0 Å². The maximum Gasteiger partial charge on any atom is 0.335 e. The summed E-state index contributed by atoms with van der Waals surface area (Å²) in [6, 6.07) is 4.69. The number of rotatable bonds is 5. The maximum absolute atomic E-state index is 10.9. The number of halogens is 1. The number of anilines is 1. The Bertz CT molecular complexity index is 597. The van der Waals surface area contributed by atoms with Crippen LogP contribution < -0.4 is 5.32 Å². The highest BCUT2D eigenvalue weighted by atomic mass is 35.5. The fraction of sp³-hybridized carbons (Fsp3) is 0.250. The maximum atomic E-state index is 10.9. The second-order valence-corrected chi connectivity index (χ2v) is 4.41. The number of hydrogen-bond acceptors (Lipinski definition) is 4. The van der Waals surface area contributed by atoms with Crippen molar-refractivity contribution in [1.29, 1.82) is 0 Å². The van der Waals surface area contributed by atoms with Gasteiger partial charge in [0.1, 0.15) is 11.0 Å². The molecule has 0 amide bonds. The number of nitrogens with zero attached hydrogens (tertiary/aromatic N) is 3. The lowest BCUT2D eigenvalue weighted by Gasteiger charge is -2.06. The quantitative estimate of drug-likeness (QED) is 0.817. The minimum atomic E-state index is -1.03. The van der Waals surface area contributed by atoms with Crippen LogP contribution in [0.5, 0.6) is 0 Å². The molecule has 2 rings (SSSR count). The number of nitrogens with one attached hydrogen (secondary N) is 1. The van der Waals surface area contributed by atoms with Crippen LogP contribution in [0.4, 0.5) is 5.82 Å². The molecule has 0 unspecified atom stereocenters. The summed E-state index contributed by atoms with van der Waals surface area (Å²) in [6.07, 6.45) is 2.59. The summed E-state index contributed by atoms with van der Waals surface area (Å²) in [4.78, 5) is 14.9. The fourth-order valence-corrected chi connectivity index (χ4v) is 1.83. The van der Waals surface area contributed by atoms with E-state index in [9.17, 15) is 4.79 Å². The Morgan fingerprint density at radius 1 is 1.53 bits per heavy atom. The SMILES string of the molecule is Cn1ccc(CCNc2cc(C(=O)O)cc(Cl)n2)n1. The summed E-state index contributed by atoms with van der Waals surface area (Å²) in [5, 5.41) is 16.3. The smallest absolute Gasteiger partial charge is 0.335 e. The first kappa shape index (κ1) is 13.4. The predicted octanol–water partition coefficient (Wildman–Crippen LogP) is 1.82. The second kappa shape index (κ2) is 5.71. The van der Waals surface area contributed by atoms with E-state index >= 15 is 0 Å². The minimum absolute atomic E-state index is 0.111. The molecule has 0 saturated carbocycles. The fourth-order valence-electron chi connectivity index (χ4n) is 1.63. The van der Waals surface area contributed by atoms with E-state index in [4.69, 9.17) is 16.7 Å². The van der Waals surface area contributed by atoms with Crippen molar-refractivity contribution in [3.8, 4) is 0 Å². The molecule has 0 saturated heterocycles. The first-order valence-electron chi connectivity index (χ1n) is 5.68. The van der Waals surface area contributed by atoms with E-state index in [1.165, 1.54) is 12.1 Å². The van der Waals surface area contributed by atoms with E-state index in [1.54, 1.807) is 4.68 Å². The zero-order chi connectivity index (χ0) is 13.8. The Labute approximate surface area is 115 Å². The third-order valence-corrected chi connectivity index (χ3v) is 2.69. The molecule has 2 N–H and O–H groups in total. The molecule has 2 aromatic rings. The van der Waals surface area contributed by atoms with Crippen molar-refractivity contribution in [3.05, 3.63) is 40.8 Å². The third-order valence-electron chi connectivity index (χ3n) is 2.50. The standard InChI is InChI=1S/C12H13ClN4O2/c1-17-5-3-9(16-17)2-4-14-11-7-8(12(18)19)6-10(13)15-11/h3,5-7H,2,4H2,1H3,(H,14,15)(H,18,19). The van der Waals surface area contributed by atoms with Crippen LogP contribution in [0.25, 0.3) is 0 Å². The van der Waals surface area contributed by atoms with E-state index in [0.29, 0.717) is 12.4 Å². The summed E-state index contributed by atoms with van der Waals surface area (Å²) >= 11 is 5.76. The van der Waals surface area contributed by atoms with Crippen molar-refractivity contribution in [3.63, 3.8) is 0 Å². The van der Waals surface area contributed by atoms with Crippen LogP contribution in [0, 0.1) is 0 Å². The molecule has 0 atom stereocenters. The highest BCUT2D eigenvalue weighted by Crippen LogP contribution is 2.14. The Morgan fingerprint density at radius 3 is 2.95 bits per heavy atom. The topological polar surface area (TPSA) is 80.0 Å². The number of aromatic nitrogens is 3. The molecule has 2 heterocycles. The van der Waals surface area contributed by atoms with Gasteiger partial charge in [-0.2, -0.15) is 5.10 Å². The lowest BCUT2D eigenvalue weighted by molar-refractivity contribution is 0.0697. The van der Waals surface area contributed by atoms with Crippen LogP contribution in [0.1, 0.15) is 16.1 Å². The lowest BCUT2D eigenvalue weighted by atomic mass is 10.2. The van der Waals surface area contributed by atoms with Crippen molar-refractivity contribution in [2.45, 2.75) is 6.42 Å². The molecule has 0 aliphatic carbocycles. The number of aromatic carboxylic acids is 1.